The van der Waals surface area contributed by atoms with Crippen LogP contribution in [0.15, 0.2) is 65.1 Å². The molecule has 2 heterocycles. The lowest BCUT2D eigenvalue weighted by Gasteiger charge is -2.03. The van der Waals surface area contributed by atoms with Crippen LogP contribution in [0.3, 0.4) is 0 Å². The maximum Gasteiger partial charge on any atom is 0.229 e. The maximum atomic E-state index is 12.3. The van der Waals surface area contributed by atoms with E-state index in [1.54, 1.807) is 0 Å². The van der Waals surface area contributed by atoms with Crippen LogP contribution in [0.4, 0.5) is 5.82 Å². The number of hydrogen-bond acceptors (Lipinski definition) is 3. The zero-order valence-corrected chi connectivity index (χ0v) is 14.7. The van der Waals surface area contributed by atoms with E-state index in [2.05, 4.69) is 15.5 Å². The Kier molecular flexibility index (Phi) is 3.78. The Morgan fingerprint density at radius 2 is 1.93 bits per heavy atom. The molecular formula is C22H19N3O2. The van der Waals surface area contributed by atoms with Gasteiger partial charge in [-0.3, -0.25) is 9.89 Å². The van der Waals surface area contributed by atoms with E-state index in [4.69, 9.17) is 4.42 Å². The number of aromatic nitrogens is 2. The highest BCUT2D eigenvalue weighted by molar-refractivity contribution is 5.91. The van der Waals surface area contributed by atoms with E-state index in [0.717, 1.165) is 33.6 Å². The third-order valence-corrected chi connectivity index (χ3v) is 4.91. The average Bonchev–Trinajstić information content (AvgIpc) is 3.27. The fourth-order valence-corrected chi connectivity index (χ4v) is 3.29. The lowest BCUT2D eigenvalue weighted by atomic mass is 10.1. The number of hydrogen-bond donors (Lipinski definition) is 2. The van der Waals surface area contributed by atoms with Gasteiger partial charge in [-0.2, -0.15) is 5.10 Å². The smallest absolute Gasteiger partial charge is 0.229 e. The molecule has 0 saturated heterocycles. The van der Waals surface area contributed by atoms with Gasteiger partial charge in [0.25, 0.3) is 0 Å². The van der Waals surface area contributed by atoms with Gasteiger partial charge in [0.05, 0.1) is 6.42 Å². The van der Waals surface area contributed by atoms with Gasteiger partial charge >= 0.3 is 0 Å². The highest BCUT2D eigenvalue weighted by Crippen LogP contribution is 2.39. The van der Waals surface area contributed by atoms with Gasteiger partial charge in [0, 0.05) is 28.6 Å². The third-order valence-electron chi connectivity index (χ3n) is 4.91. The maximum absolute atomic E-state index is 12.3. The first-order valence-electron chi connectivity index (χ1n) is 9.18. The Labute approximate surface area is 156 Å². The fourth-order valence-electron chi connectivity index (χ4n) is 3.29. The van der Waals surface area contributed by atoms with Crippen molar-refractivity contribution >= 4 is 22.7 Å². The number of rotatable bonds is 5. The van der Waals surface area contributed by atoms with Gasteiger partial charge in [0.2, 0.25) is 5.91 Å². The summed E-state index contributed by atoms with van der Waals surface area (Å²) in [4.78, 5) is 12.3. The van der Waals surface area contributed by atoms with Gasteiger partial charge < -0.3 is 9.73 Å². The molecule has 2 aromatic carbocycles. The number of para-hydroxylation sites is 1. The standard InChI is InChI=1S/C22H19N3O2/c26-22(23-21-13-18(24-25-21)15-9-10-15)11-14-5-7-16(8-6-14)20-12-17-3-1-2-4-19(17)27-20/h1-8,12-13,15H,9-11H2,(H2,23,24,25,26). The van der Waals surface area contributed by atoms with Crippen molar-refractivity contribution in [3.63, 3.8) is 0 Å². The van der Waals surface area contributed by atoms with Crippen LogP contribution in [0.5, 0.6) is 0 Å². The number of nitrogens with zero attached hydrogens (tertiary/aromatic N) is 1. The van der Waals surface area contributed by atoms with E-state index in [1.807, 2.05) is 60.7 Å². The summed E-state index contributed by atoms with van der Waals surface area (Å²) >= 11 is 0. The molecule has 0 aliphatic heterocycles. The van der Waals surface area contributed by atoms with Crippen molar-refractivity contribution in [2.24, 2.45) is 0 Å². The van der Waals surface area contributed by atoms with Gasteiger partial charge in [-0.1, -0.05) is 42.5 Å². The Balaban J connectivity index is 1.26. The topological polar surface area (TPSA) is 70.9 Å². The summed E-state index contributed by atoms with van der Waals surface area (Å²) in [5.41, 5.74) is 3.93. The van der Waals surface area contributed by atoms with Gasteiger partial charge in [-0.15, -0.1) is 0 Å². The van der Waals surface area contributed by atoms with Crippen molar-refractivity contribution in [1.82, 2.24) is 10.2 Å². The Morgan fingerprint density at radius 1 is 1.11 bits per heavy atom. The van der Waals surface area contributed by atoms with Crippen LogP contribution < -0.4 is 5.32 Å². The molecule has 134 valence electrons. The molecule has 1 aliphatic rings. The normalized spacial score (nSPS) is 13.8. The molecule has 5 nitrogen and oxygen atoms in total. The monoisotopic (exact) mass is 357 g/mol. The molecule has 1 fully saturated rings. The van der Waals surface area contributed by atoms with E-state index >= 15 is 0 Å². The van der Waals surface area contributed by atoms with E-state index in [0.29, 0.717) is 18.2 Å². The van der Waals surface area contributed by atoms with Crippen LogP contribution in [0, 0.1) is 0 Å². The SMILES string of the molecule is O=C(Cc1ccc(-c2cc3ccccc3o2)cc1)Nc1cc(C2CC2)[nH]n1. The summed E-state index contributed by atoms with van der Waals surface area (Å²) in [6, 6.07) is 19.8. The van der Waals surface area contributed by atoms with Gasteiger partial charge in [0.1, 0.15) is 11.3 Å². The number of furan rings is 1. The first-order valence-corrected chi connectivity index (χ1v) is 9.18. The minimum Gasteiger partial charge on any atom is -0.456 e. The van der Waals surface area contributed by atoms with Crippen LogP contribution in [-0.2, 0) is 11.2 Å². The predicted octanol–water partition coefficient (Wildman–Crippen LogP) is 4.88. The number of aromatic amines is 1. The highest BCUT2D eigenvalue weighted by atomic mass is 16.3. The molecule has 0 spiro atoms. The molecule has 27 heavy (non-hydrogen) atoms. The van der Waals surface area contributed by atoms with Crippen LogP contribution in [-0.4, -0.2) is 16.1 Å². The van der Waals surface area contributed by atoms with Crippen molar-refractivity contribution in [2.45, 2.75) is 25.2 Å². The predicted molar refractivity (Wildman–Crippen MR) is 105 cm³/mol. The second-order valence-electron chi connectivity index (χ2n) is 7.05. The average molecular weight is 357 g/mol. The first-order chi connectivity index (χ1) is 13.2. The van der Waals surface area contributed by atoms with E-state index < -0.39 is 0 Å². The van der Waals surface area contributed by atoms with Crippen molar-refractivity contribution in [1.29, 1.82) is 0 Å². The lowest BCUT2D eigenvalue weighted by Crippen LogP contribution is -2.14. The Hall–Kier alpha value is -3.34. The van der Waals surface area contributed by atoms with E-state index in [9.17, 15) is 4.79 Å². The van der Waals surface area contributed by atoms with Crippen LogP contribution in [0.1, 0.15) is 30.0 Å². The molecule has 1 amide bonds. The zero-order valence-electron chi connectivity index (χ0n) is 14.7. The molecule has 1 aliphatic carbocycles. The summed E-state index contributed by atoms with van der Waals surface area (Å²) in [5.74, 6) is 1.95. The third kappa shape index (κ3) is 3.36. The second kappa shape index (κ2) is 6.43. The van der Waals surface area contributed by atoms with Gasteiger partial charge in [-0.05, 0) is 30.5 Å². The molecule has 4 aromatic rings. The number of H-pyrrole nitrogens is 1. The lowest BCUT2D eigenvalue weighted by molar-refractivity contribution is -0.115. The number of fused-ring (bicyclic) bond motifs is 1. The molecule has 5 rings (SSSR count). The second-order valence-corrected chi connectivity index (χ2v) is 7.05. The molecule has 0 unspecified atom stereocenters. The van der Waals surface area contributed by atoms with Crippen molar-refractivity contribution in [2.75, 3.05) is 5.32 Å². The summed E-state index contributed by atoms with van der Waals surface area (Å²) < 4.78 is 5.89. The summed E-state index contributed by atoms with van der Waals surface area (Å²) in [7, 11) is 0. The summed E-state index contributed by atoms with van der Waals surface area (Å²) in [6.45, 7) is 0. The van der Waals surface area contributed by atoms with Crippen molar-refractivity contribution < 1.29 is 9.21 Å². The van der Waals surface area contributed by atoms with E-state index in [-0.39, 0.29) is 5.91 Å². The minimum absolute atomic E-state index is 0.0691. The number of carbonyl (C=O) groups excluding carboxylic acids is 1. The Bertz CT molecular complexity index is 1070. The van der Waals surface area contributed by atoms with Crippen molar-refractivity contribution in [3.05, 3.63) is 71.9 Å². The van der Waals surface area contributed by atoms with Crippen LogP contribution in [0.25, 0.3) is 22.3 Å². The molecule has 5 heteroatoms. The number of amides is 1. The minimum atomic E-state index is -0.0691. The summed E-state index contributed by atoms with van der Waals surface area (Å²) in [5, 5.41) is 11.1. The largest absolute Gasteiger partial charge is 0.456 e. The first kappa shape index (κ1) is 15.9. The number of carbonyl (C=O) groups is 1. The molecule has 2 N–H and O–H groups in total. The summed E-state index contributed by atoms with van der Waals surface area (Å²) in [6.07, 6.45) is 2.71. The molecule has 1 saturated carbocycles. The molecule has 0 radical (unpaired) electrons. The zero-order chi connectivity index (χ0) is 18.2. The molecule has 0 atom stereocenters. The van der Waals surface area contributed by atoms with Crippen LogP contribution >= 0.6 is 0 Å². The molecule has 2 aromatic heterocycles. The quantitative estimate of drug-likeness (QED) is 0.535. The number of anilines is 1. The molecule has 0 bridgehead atoms. The Morgan fingerprint density at radius 3 is 2.70 bits per heavy atom. The number of nitrogens with one attached hydrogen (secondary N) is 2. The fraction of sp³-hybridized carbons (Fsp3) is 0.182. The van der Waals surface area contributed by atoms with Gasteiger partial charge in [0.15, 0.2) is 5.82 Å². The van der Waals surface area contributed by atoms with E-state index in [1.165, 1.54) is 12.8 Å². The highest BCUT2D eigenvalue weighted by Gasteiger charge is 2.25. The van der Waals surface area contributed by atoms with Gasteiger partial charge in [-0.25, -0.2) is 0 Å². The van der Waals surface area contributed by atoms with Crippen LogP contribution in [0.2, 0.25) is 0 Å². The molecular weight excluding hydrogens is 338 g/mol. The van der Waals surface area contributed by atoms with Crippen molar-refractivity contribution in [3.8, 4) is 11.3 Å². The number of benzene rings is 2.